The smallest absolute Gasteiger partial charge is 0.387 e. The van der Waals surface area contributed by atoms with Crippen molar-refractivity contribution in [2.24, 2.45) is 0 Å². The van der Waals surface area contributed by atoms with Crippen molar-refractivity contribution in [2.75, 3.05) is 0 Å². The molecule has 2 aromatic rings. The lowest BCUT2D eigenvalue weighted by atomic mass is 10.1. The van der Waals surface area contributed by atoms with E-state index in [1.54, 1.807) is 18.2 Å². The zero-order chi connectivity index (χ0) is 13.8. The predicted molar refractivity (Wildman–Crippen MR) is 63.0 cm³/mol. The minimum Gasteiger partial charge on any atom is -0.434 e. The molecule has 0 bridgehead atoms. The average Bonchev–Trinajstić information content (AvgIpc) is 2.39. The van der Waals surface area contributed by atoms with Crippen molar-refractivity contribution in [1.29, 1.82) is 0 Å². The van der Waals surface area contributed by atoms with Crippen LogP contribution in [0.3, 0.4) is 0 Å². The highest BCUT2D eigenvalue weighted by Gasteiger charge is 2.16. The van der Waals surface area contributed by atoms with Crippen LogP contribution in [0.1, 0.15) is 0 Å². The van der Waals surface area contributed by atoms with Crippen molar-refractivity contribution >= 4 is 5.69 Å². The van der Waals surface area contributed by atoms with E-state index in [9.17, 15) is 18.9 Å². The second kappa shape index (κ2) is 5.38. The Labute approximate surface area is 106 Å². The van der Waals surface area contributed by atoms with E-state index in [1.807, 2.05) is 0 Å². The third-order valence-corrected chi connectivity index (χ3v) is 2.33. The van der Waals surface area contributed by atoms with E-state index >= 15 is 0 Å². The monoisotopic (exact) mass is 266 g/mol. The summed E-state index contributed by atoms with van der Waals surface area (Å²) < 4.78 is 28.9. The number of nitro benzene ring substituents is 1. The molecule has 0 saturated heterocycles. The second-order valence-corrected chi connectivity index (χ2v) is 3.53. The lowest BCUT2D eigenvalue weighted by Crippen LogP contribution is -2.04. The lowest BCUT2D eigenvalue weighted by Gasteiger charge is -2.09. The van der Waals surface area contributed by atoms with Gasteiger partial charge in [0, 0.05) is 23.9 Å². The first-order valence-corrected chi connectivity index (χ1v) is 5.22. The molecule has 0 spiro atoms. The predicted octanol–water partition coefficient (Wildman–Crippen LogP) is 3.26. The fourth-order valence-electron chi connectivity index (χ4n) is 1.55. The Bertz CT molecular complexity index is 591. The highest BCUT2D eigenvalue weighted by Crippen LogP contribution is 2.33. The van der Waals surface area contributed by atoms with Crippen molar-refractivity contribution in [3.05, 3.63) is 52.7 Å². The van der Waals surface area contributed by atoms with E-state index in [-0.39, 0.29) is 17.0 Å². The molecule has 7 heteroatoms. The number of pyridine rings is 1. The molecular weight excluding hydrogens is 258 g/mol. The first-order valence-electron chi connectivity index (χ1n) is 5.22. The number of hydrogen-bond donors (Lipinski definition) is 0. The van der Waals surface area contributed by atoms with Gasteiger partial charge >= 0.3 is 6.61 Å². The summed E-state index contributed by atoms with van der Waals surface area (Å²) in [7, 11) is 0. The van der Waals surface area contributed by atoms with Crippen LogP contribution in [0.5, 0.6) is 5.75 Å². The summed E-state index contributed by atoms with van der Waals surface area (Å²) in [5, 5.41) is 10.7. The Morgan fingerprint density at radius 3 is 2.63 bits per heavy atom. The summed E-state index contributed by atoms with van der Waals surface area (Å²) in [5.41, 5.74) is 0.249. The number of nitrogens with zero attached hydrogens (tertiary/aromatic N) is 2. The molecule has 0 amide bonds. The number of rotatable bonds is 4. The van der Waals surface area contributed by atoms with Gasteiger partial charge in [-0.05, 0) is 18.2 Å². The Hall–Kier alpha value is -2.57. The average molecular weight is 266 g/mol. The fraction of sp³-hybridized carbons (Fsp3) is 0.0833. The molecule has 1 aromatic heterocycles. The number of aromatic nitrogens is 1. The normalized spacial score (nSPS) is 10.5. The minimum absolute atomic E-state index is 0.148. The molecule has 0 N–H and O–H groups in total. The zero-order valence-electron chi connectivity index (χ0n) is 9.49. The molecule has 0 aliphatic carbocycles. The topological polar surface area (TPSA) is 65.3 Å². The number of nitro groups is 1. The number of non-ortho nitro benzene ring substituents is 1. The molecule has 0 aliphatic rings. The molecule has 2 rings (SSSR count). The maximum atomic E-state index is 12.3. The summed E-state index contributed by atoms with van der Waals surface area (Å²) in [4.78, 5) is 14.1. The lowest BCUT2D eigenvalue weighted by molar-refractivity contribution is -0.384. The van der Waals surface area contributed by atoms with Crippen LogP contribution in [0.4, 0.5) is 14.5 Å². The van der Waals surface area contributed by atoms with Crippen molar-refractivity contribution in [2.45, 2.75) is 6.61 Å². The number of halogens is 2. The molecule has 0 aliphatic heterocycles. The van der Waals surface area contributed by atoms with Crippen LogP contribution < -0.4 is 4.74 Å². The van der Waals surface area contributed by atoms with Gasteiger partial charge in [0.2, 0.25) is 0 Å². The largest absolute Gasteiger partial charge is 0.434 e. The van der Waals surface area contributed by atoms with Gasteiger partial charge in [-0.3, -0.25) is 15.1 Å². The van der Waals surface area contributed by atoms with E-state index in [0.717, 1.165) is 18.2 Å². The van der Waals surface area contributed by atoms with Crippen molar-refractivity contribution < 1.29 is 18.4 Å². The third kappa shape index (κ3) is 3.01. The van der Waals surface area contributed by atoms with Gasteiger partial charge in [-0.15, -0.1) is 0 Å². The second-order valence-electron chi connectivity index (χ2n) is 3.53. The SMILES string of the molecule is O=[N+]([O-])c1ccc(OC(F)F)c(-c2ccccn2)c1. The first kappa shape index (κ1) is 12.9. The molecule has 1 heterocycles. The van der Waals surface area contributed by atoms with Gasteiger partial charge in [-0.25, -0.2) is 0 Å². The van der Waals surface area contributed by atoms with Gasteiger partial charge in [0.05, 0.1) is 10.6 Å². The molecular formula is C12H8F2N2O3. The molecule has 0 fully saturated rings. The van der Waals surface area contributed by atoms with Crippen LogP contribution in [0, 0.1) is 10.1 Å². The third-order valence-electron chi connectivity index (χ3n) is 2.33. The Kier molecular flexibility index (Phi) is 3.65. The van der Waals surface area contributed by atoms with Crippen LogP contribution in [-0.2, 0) is 0 Å². The minimum atomic E-state index is -3.01. The summed E-state index contributed by atoms with van der Waals surface area (Å²) in [6.45, 7) is -3.01. The fourth-order valence-corrected chi connectivity index (χ4v) is 1.55. The van der Waals surface area contributed by atoms with Crippen molar-refractivity contribution in [3.63, 3.8) is 0 Å². The van der Waals surface area contributed by atoms with Crippen molar-refractivity contribution in [3.8, 4) is 17.0 Å². The van der Waals surface area contributed by atoms with Crippen molar-refractivity contribution in [1.82, 2.24) is 4.98 Å². The molecule has 1 aromatic carbocycles. The molecule has 19 heavy (non-hydrogen) atoms. The number of ether oxygens (including phenoxy) is 1. The Morgan fingerprint density at radius 1 is 1.26 bits per heavy atom. The quantitative estimate of drug-likeness (QED) is 0.629. The van der Waals surface area contributed by atoms with E-state index < -0.39 is 11.5 Å². The van der Waals surface area contributed by atoms with Crippen LogP contribution in [-0.4, -0.2) is 16.5 Å². The summed E-state index contributed by atoms with van der Waals surface area (Å²) in [6.07, 6.45) is 1.46. The van der Waals surface area contributed by atoms with E-state index in [1.165, 1.54) is 6.20 Å². The maximum Gasteiger partial charge on any atom is 0.387 e. The van der Waals surface area contributed by atoms with E-state index in [2.05, 4.69) is 9.72 Å². The van der Waals surface area contributed by atoms with Gasteiger partial charge < -0.3 is 4.74 Å². The first-order chi connectivity index (χ1) is 9.08. The highest BCUT2D eigenvalue weighted by atomic mass is 19.3. The van der Waals surface area contributed by atoms with Crippen LogP contribution in [0.2, 0.25) is 0 Å². The zero-order valence-corrected chi connectivity index (χ0v) is 9.49. The number of alkyl halides is 2. The highest BCUT2D eigenvalue weighted by molar-refractivity contribution is 5.70. The summed E-state index contributed by atoms with van der Waals surface area (Å²) >= 11 is 0. The van der Waals surface area contributed by atoms with Crippen LogP contribution in [0.15, 0.2) is 42.6 Å². The molecule has 0 radical (unpaired) electrons. The van der Waals surface area contributed by atoms with Gasteiger partial charge in [-0.1, -0.05) is 6.07 Å². The van der Waals surface area contributed by atoms with Crippen LogP contribution in [0.25, 0.3) is 11.3 Å². The Balaban J connectivity index is 2.53. The molecule has 0 saturated carbocycles. The number of benzene rings is 1. The number of hydrogen-bond acceptors (Lipinski definition) is 4. The van der Waals surface area contributed by atoms with Gasteiger partial charge in [0.1, 0.15) is 5.75 Å². The van der Waals surface area contributed by atoms with Crippen LogP contribution >= 0.6 is 0 Å². The van der Waals surface area contributed by atoms with Gasteiger partial charge in [0.15, 0.2) is 0 Å². The van der Waals surface area contributed by atoms with Gasteiger partial charge in [-0.2, -0.15) is 8.78 Å². The van der Waals surface area contributed by atoms with E-state index in [4.69, 9.17) is 0 Å². The summed E-state index contributed by atoms with van der Waals surface area (Å²) in [5.74, 6) is -0.153. The molecule has 98 valence electrons. The standard InChI is InChI=1S/C12H8F2N2O3/c13-12(14)19-11-5-4-8(16(17)18)7-9(11)10-3-1-2-6-15-10/h1-7,12H. The van der Waals surface area contributed by atoms with Gasteiger partial charge in [0.25, 0.3) is 5.69 Å². The maximum absolute atomic E-state index is 12.3. The molecule has 0 atom stereocenters. The molecule has 0 unspecified atom stereocenters. The summed E-state index contributed by atoms with van der Waals surface area (Å²) in [6, 6.07) is 8.23. The Morgan fingerprint density at radius 2 is 2.05 bits per heavy atom. The van der Waals surface area contributed by atoms with E-state index in [0.29, 0.717) is 5.69 Å². The molecule has 5 nitrogen and oxygen atoms in total.